The predicted molar refractivity (Wildman–Crippen MR) is 74.8 cm³/mol. The van der Waals surface area contributed by atoms with E-state index in [-0.39, 0.29) is 17.5 Å². The minimum absolute atomic E-state index is 0.172. The molecule has 1 saturated heterocycles. The number of benzene rings is 1. The SMILES string of the molecule is COc1ccc(NC2CCS(=O)(=O)CC2)c(OC)c1. The van der Waals surface area contributed by atoms with Crippen LogP contribution in [0.4, 0.5) is 5.69 Å². The van der Waals surface area contributed by atoms with Crippen LogP contribution >= 0.6 is 0 Å². The second-order valence-electron chi connectivity index (χ2n) is 4.64. The van der Waals surface area contributed by atoms with E-state index in [2.05, 4.69) is 5.32 Å². The highest BCUT2D eigenvalue weighted by molar-refractivity contribution is 7.91. The molecule has 0 radical (unpaired) electrons. The maximum atomic E-state index is 11.4. The lowest BCUT2D eigenvalue weighted by Crippen LogP contribution is -2.32. The summed E-state index contributed by atoms with van der Waals surface area (Å²) in [5, 5.41) is 3.34. The van der Waals surface area contributed by atoms with Crippen LogP contribution in [0.25, 0.3) is 0 Å². The van der Waals surface area contributed by atoms with E-state index in [1.54, 1.807) is 14.2 Å². The maximum absolute atomic E-state index is 11.4. The van der Waals surface area contributed by atoms with Crippen molar-refractivity contribution in [2.75, 3.05) is 31.0 Å². The molecule has 1 aliphatic heterocycles. The zero-order valence-electron chi connectivity index (χ0n) is 11.2. The van der Waals surface area contributed by atoms with Crippen molar-refractivity contribution in [3.05, 3.63) is 18.2 Å². The van der Waals surface area contributed by atoms with E-state index < -0.39 is 9.84 Å². The highest BCUT2D eigenvalue weighted by Gasteiger charge is 2.24. The van der Waals surface area contributed by atoms with Gasteiger partial charge in [-0.05, 0) is 25.0 Å². The van der Waals surface area contributed by atoms with E-state index in [1.165, 1.54) is 0 Å². The fourth-order valence-corrected chi connectivity index (χ4v) is 3.66. The third-order valence-corrected chi connectivity index (χ3v) is 5.04. The molecule has 0 aliphatic carbocycles. The van der Waals surface area contributed by atoms with E-state index in [4.69, 9.17) is 9.47 Å². The zero-order valence-corrected chi connectivity index (χ0v) is 12.0. The minimum atomic E-state index is -2.83. The van der Waals surface area contributed by atoms with Gasteiger partial charge in [-0.25, -0.2) is 8.42 Å². The molecular weight excluding hydrogens is 266 g/mol. The second kappa shape index (κ2) is 5.69. The zero-order chi connectivity index (χ0) is 13.9. The van der Waals surface area contributed by atoms with Crippen LogP contribution in [-0.2, 0) is 9.84 Å². The molecule has 1 aliphatic rings. The summed E-state index contributed by atoms with van der Waals surface area (Å²) in [4.78, 5) is 0. The highest BCUT2D eigenvalue weighted by Crippen LogP contribution is 2.30. The van der Waals surface area contributed by atoms with Gasteiger partial charge in [0.2, 0.25) is 0 Å². The van der Waals surface area contributed by atoms with Crippen LogP contribution in [0.1, 0.15) is 12.8 Å². The van der Waals surface area contributed by atoms with E-state index in [1.807, 2.05) is 18.2 Å². The molecule has 6 heteroatoms. The van der Waals surface area contributed by atoms with Gasteiger partial charge in [0.25, 0.3) is 0 Å². The fourth-order valence-electron chi connectivity index (χ4n) is 2.17. The van der Waals surface area contributed by atoms with Crippen molar-refractivity contribution in [2.45, 2.75) is 18.9 Å². The van der Waals surface area contributed by atoms with Crippen molar-refractivity contribution in [1.82, 2.24) is 0 Å². The van der Waals surface area contributed by atoms with Crippen molar-refractivity contribution < 1.29 is 17.9 Å². The molecular formula is C13H19NO4S. The van der Waals surface area contributed by atoms with Gasteiger partial charge in [-0.15, -0.1) is 0 Å². The molecule has 5 nitrogen and oxygen atoms in total. The predicted octanol–water partition coefficient (Wildman–Crippen LogP) is 1.69. The van der Waals surface area contributed by atoms with Crippen LogP contribution in [0.3, 0.4) is 0 Å². The normalized spacial score (nSPS) is 18.8. The number of hydrogen-bond donors (Lipinski definition) is 1. The fraction of sp³-hybridized carbons (Fsp3) is 0.538. The molecule has 0 aromatic heterocycles. The molecule has 2 rings (SSSR count). The number of ether oxygens (including phenoxy) is 2. The largest absolute Gasteiger partial charge is 0.497 e. The number of hydrogen-bond acceptors (Lipinski definition) is 5. The summed E-state index contributed by atoms with van der Waals surface area (Å²) >= 11 is 0. The van der Waals surface area contributed by atoms with Crippen molar-refractivity contribution in [1.29, 1.82) is 0 Å². The first-order chi connectivity index (χ1) is 9.04. The Morgan fingerprint density at radius 1 is 1.16 bits per heavy atom. The van der Waals surface area contributed by atoms with Gasteiger partial charge in [-0.2, -0.15) is 0 Å². The van der Waals surface area contributed by atoms with Crippen LogP contribution in [0.15, 0.2) is 18.2 Å². The number of sulfone groups is 1. The van der Waals surface area contributed by atoms with Gasteiger partial charge in [0.05, 0.1) is 31.4 Å². The summed E-state index contributed by atoms with van der Waals surface area (Å²) in [5.74, 6) is 1.94. The highest BCUT2D eigenvalue weighted by atomic mass is 32.2. The third-order valence-electron chi connectivity index (χ3n) is 3.32. The maximum Gasteiger partial charge on any atom is 0.150 e. The topological polar surface area (TPSA) is 64.6 Å². The summed E-state index contributed by atoms with van der Waals surface area (Å²) in [6, 6.07) is 5.72. The summed E-state index contributed by atoms with van der Waals surface area (Å²) < 4.78 is 33.2. The lowest BCUT2D eigenvalue weighted by Gasteiger charge is -2.25. The first kappa shape index (κ1) is 14.0. The Bertz CT molecular complexity index is 528. The second-order valence-corrected chi connectivity index (χ2v) is 6.94. The first-order valence-electron chi connectivity index (χ1n) is 6.23. The van der Waals surface area contributed by atoms with Crippen LogP contribution in [0.2, 0.25) is 0 Å². The molecule has 1 aromatic rings. The molecule has 0 saturated carbocycles. The van der Waals surface area contributed by atoms with Gasteiger partial charge >= 0.3 is 0 Å². The van der Waals surface area contributed by atoms with E-state index in [0.717, 1.165) is 11.4 Å². The van der Waals surface area contributed by atoms with Crippen LogP contribution in [0.5, 0.6) is 11.5 Å². The average Bonchev–Trinajstić information content (AvgIpc) is 2.41. The van der Waals surface area contributed by atoms with Crippen LogP contribution in [-0.4, -0.2) is 40.2 Å². The van der Waals surface area contributed by atoms with Crippen molar-refractivity contribution in [2.24, 2.45) is 0 Å². The van der Waals surface area contributed by atoms with Gasteiger partial charge in [-0.1, -0.05) is 0 Å². The molecule has 1 aromatic carbocycles. The molecule has 19 heavy (non-hydrogen) atoms. The number of rotatable bonds is 4. The lowest BCUT2D eigenvalue weighted by molar-refractivity contribution is 0.395. The van der Waals surface area contributed by atoms with Crippen LogP contribution < -0.4 is 14.8 Å². The van der Waals surface area contributed by atoms with Crippen molar-refractivity contribution in [3.63, 3.8) is 0 Å². The number of nitrogens with one attached hydrogen (secondary N) is 1. The molecule has 0 unspecified atom stereocenters. The van der Waals surface area contributed by atoms with Gasteiger partial charge in [0, 0.05) is 12.1 Å². The monoisotopic (exact) mass is 285 g/mol. The van der Waals surface area contributed by atoms with Crippen molar-refractivity contribution >= 4 is 15.5 Å². The van der Waals surface area contributed by atoms with E-state index in [0.29, 0.717) is 18.6 Å². The smallest absolute Gasteiger partial charge is 0.150 e. The molecule has 0 bridgehead atoms. The lowest BCUT2D eigenvalue weighted by atomic mass is 10.1. The Labute approximate surface area is 113 Å². The Hall–Kier alpha value is -1.43. The Morgan fingerprint density at radius 2 is 1.84 bits per heavy atom. The number of anilines is 1. The molecule has 106 valence electrons. The summed E-state index contributed by atoms with van der Waals surface area (Å²) in [5.41, 5.74) is 0.868. The molecule has 1 heterocycles. The van der Waals surface area contributed by atoms with Gasteiger partial charge in [0.1, 0.15) is 21.3 Å². The third kappa shape index (κ3) is 3.53. The van der Waals surface area contributed by atoms with Gasteiger partial charge < -0.3 is 14.8 Å². The summed E-state index contributed by atoms with van der Waals surface area (Å²) in [6.45, 7) is 0. The first-order valence-corrected chi connectivity index (χ1v) is 8.05. The summed E-state index contributed by atoms with van der Waals surface area (Å²) in [7, 11) is 0.382. The minimum Gasteiger partial charge on any atom is -0.497 e. The Kier molecular flexibility index (Phi) is 4.19. The molecule has 0 atom stereocenters. The molecule has 0 spiro atoms. The number of methoxy groups -OCH3 is 2. The average molecular weight is 285 g/mol. The summed E-state index contributed by atoms with van der Waals surface area (Å²) in [6.07, 6.45) is 1.27. The molecule has 0 amide bonds. The molecule has 1 N–H and O–H groups in total. The van der Waals surface area contributed by atoms with E-state index in [9.17, 15) is 8.42 Å². The Morgan fingerprint density at radius 3 is 2.42 bits per heavy atom. The van der Waals surface area contributed by atoms with Gasteiger partial charge in [-0.3, -0.25) is 0 Å². The van der Waals surface area contributed by atoms with Crippen LogP contribution in [0, 0.1) is 0 Å². The quantitative estimate of drug-likeness (QED) is 0.912. The molecule has 1 fully saturated rings. The van der Waals surface area contributed by atoms with Crippen molar-refractivity contribution in [3.8, 4) is 11.5 Å². The van der Waals surface area contributed by atoms with E-state index >= 15 is 0 Å². The standard InChI is InChI=1S/C13H19NO4S/c1-17-11-3-4-12(13(9-11)18-2)14-10-5-7-19(15,16)8-6-10/h3-4,9-10,14H,5-8H2,1-2H3. The Balaban J connectivity index is 2.07. The van der Waals surface area contributed by atoms with Gasteiger partial charge in [0.15, 0.2) is 0 Å².